The number of carbonyl (C=O) groups excluding carboxylic acids is 1. The molecule has 0 spiro atoms. The number of benzene rings is 2. The van der Waals surface area contributed by atoms with Gasteiger partial charge in [-0.3, -0.25) is 4.79 Å². The first-order valence-corrected chi connectivity index (χ1v) is 10.0. The van der Waals surface area contributed by atoms with Crippen LogP contribution in [0.1, 0.15) is 23.2 Å². The molecule has 0 aliphatic carbocycles. The Balaban J connectivity index is 1.64. The third-order valence-electron chi connectivity index (χ3n) is 4.76. The van der Waals surface area contributed by atoms with E-state index in [-0.39, 0.29) is 11.7 Å². The summed E-state index contributed by atoms with van der Waals surface area (Å²) in [5, 5.41) is 0. The zero-order valence-corrected chi connectivity index (χ0v) is 15.1. The number of halogens is 3. The van der Waals surface area contributed by atoms with Crippen molar-refractivity contribution in [2.75, 3.05) is 18.0 Å². The van der Waals surface area contributed by atoms with Gasteiger partial charge in [-0.15, -0.1) is 0 Å². The maximum Gasteiger partial charge on any atom is 0.341 e. The zero-order valence-electron chi connectivity index (χ0n) is 14.3. The van der Waals surface area contributed by atoms with Crippen molar-refractivity contribution in [3.05, 3.63) is 59.9 Å². The highest BCUT2D eigenvalue weighted by atomic mass is 32.2. The molecule has 4 nitrogen and oxygen atoms in total. The molecule has 0 radical (unpaired) electrons. The highest BCUT2D eigenvalue weighted by Crippen LogP contribution is 2.27. The van der Waals surface area contributed by atoms with Crippen LogP contribution in [-0.4, -0.2) is 33.0 Å². The molecule has 0 unspecified atom stereocenters. The molecule has 3 rings (SSSR count). The molecule has 2 aromatic carbocycles. The summed E-state index contributed by atoms with van der Waals surface area (Å²) in [5.74, 6) is -4.02. The lowest BCUT2D eigenvalue weighted by molar-refractivity contribution is 0.0900. The summed E-state index contributed by atoms with van der Waals surface area (Å²) in [6, 6.07) is 10.8. The molecule has 1 aliphatic rings. The van der Waals surface area contributed by atoms with E-state index < -0.39 is 26.3 Å². The number of carbonyl (C=O) groups is 1. The van der Waals surface area contributed by atoms with Crippen LogP contribution in [0.5, 0.6) is 0 Å². The molecule has 144 valence electrons. The molecule has 0 N–H and O–H groups in total. The molecule has 0 aromatic heterocycles. The molecule has 1 heterocycles. The zero-order chi connectivity index (χ0) is 19.6. The third-order valence-corrected chi connectivity index (χ3v) is 6.16. The minimum atomic E-state index is -4.60. The highest BCUT2D eigenvalue weighted by molar-refractivity contribution is 7.91. The van der Waals surface area contributed by atoms with Crippen molar-refractivity contribution in [1.29, 1.82) is 0 Å². The van der Waals surface area contributed by atoms with Crippen LogP contribution in [0.25, 0.3) is 0 Å². The second kappa shape index (κ2) is 7.72. The van der Waals surface area contributed by atoms with Crippen LogP contribution < -0.4 is 4.90 Å². The van der Waals surface area contributed by atoms with Crippen molar-refractivity contribution in [3.8, 4) is 0 Å². The number of sulfone groups is 1. The molecular formula is C19H18F3NO3S. The third kappa shape index (κ3) is 4.16. The molecule has 8 heteroatoms. The maximum absolute atomic E-state index is 13.0. The van der Waals surface area contributed by atoms with Crippen LogP contribution in [0.2, 0.25) is 0 Å². The Morgan fingerprint density at radius 2 is 1.52 bits per heavy atom. The van der Waals surface area contributed by atoms with Gasteiger partial charge in [0.25, 0.3) is 0 Å². The molecule has 0 bridgehead atoms. The monoisotopic (exact) mass is 397 g/mol. The van der Waals surface area contributed by atoms with Gasteiger partial charge < -0.3 is 4.90 Å². The van der Waals surface area contributed by atoms with Crippen LogP contribution in [0.4, 0.5) is 18.9 Å². The molecule has 1 fully saturated rings. The van der Waals surface area contributed by atoms with Gasteiger partial charge in [0, 0.05) is 30.3 Å². The number of hydrogen-bond donors (Lipinski definition) is 0. The standard InChI is InChI=1S/C19H18F3NO3S/c20-15-3-1-13(2-4-15)18(24)14-9-11-23(12-10-14)16-5-7-17(8-6-16)27(25,26)19(21)22/h1-8,14,19H,9-12H2. The van der Waals surface area contributed by atoms with E-state index in [0.717, 1.165) is 5.69 Å². The summed E-state index contributed by atoms with van der Waals surface area (Å²) < 4.78 is 61.1. The van der Waals surface area contributed by atoms with Gasteiger partial charge in [0.15, 0.2) is 5.78 Å². The summed E-state index contributed by atoms with van der Waals surface area (Å²) in [6.45, 7) is 1.16. The summed E-state index contributed by atoms with van der Waals surface area (Å²) >= 11 is 0. The number of alkyl halides is 2. The van der Waals surface area contributed by atoms with E-state index in [1.807, 2.05) is 4.90 Å². The van der Waals surface area contributed by atoms with E-state index in [1.54, 1.807) is 0 Å². The second-order valence-corrected chi connectivity index (χ2v) is 8.35. The van der Waals surface area contributed by atoms with Gasteiger partial charge in [-0.05, 0) is 61.4 Å². The first kappa shape index (κ1) is 19.4. The fourth-order valence-corrected chi connectivity index (χ4v) is 3.92. The molecule has 0 saturated carbocycles. The largest absolute Gasteiger partial charge is 0.371 e. The molecule has 2 aromatic rings. The smallest absolute Gasteiger partial charge is 0.341 e. The summed E-state index contributed by atoms with van der Waals surface area (Å²) in [5.41, 5.74) is 1.20. The summed E-state index contributed by atoms with van der Waals surface area (Å²) in [7, 11) is -4.60. The van der Waals surface area contributed by atoms with Gasteiger partial charge in [0.05, 0.1) is 4.90 Å². The van der Waals surface area contributed by atoms with Crippen molar-refractivity contribution < 1.29 is 26.4 Å². The van der Waals surface area contributed by atoms with Gasteiger partial charge in [-0.25, -0.2) is 12.8 Å². The van der Waals surface area contributed by atoms with E-state index >= 15 is 0 Å². The average Bonchev–Trinajstić information content (AvgIpc) is 2.68. The van der Waals surface area contributed by atoms with Gasteiger partial charge in [-0.2, -0.15) is 8.78 Å². The van der Waals surface area contributed by atoms with Crippen LogP contribution >= 0.6 is 0 Å². The van der Waals surface area contributed by atoms with Crippen molar-refractivity contribution in [1.82, 2.24) is 0 Å². The fourth-order valence-electron chi connectivity index (χ4n) is 3.20. The van der Waals surface area contributed by atoms with Crippen molar-refractivity contribution in [2.24, 2.45) is 5.92 Å². The molecule has 1 saturated heterocycles. The number of piperidine rings is 1. The Hall–Kier alpha value is -2.35. The van der Waals surface area contributed by atoms with Crippen molar-refractivity contribution in [3.63, 3.8) is 0 Å². The second-order valence-electron chi connectivity index (χ2n) is 6.43. The predicted molar refractivity (Wildman–Crippen MR) is 95.3 cm³/mol. The predicted octanol–water partition coefficient (Wildman–Crippen LogP) is 3.92. The Bertz CT molecular complexity index is 904. The molecule has 1 aliphatic heterocycles. The molecule has 27 heavy (non-hydrogen) atoms. The topological polar surface area (TPSA) is 54.5 Å². The molecule has 0 atom stereocenters. The Kier molecular flexibility index (Phi) is 5.55. The van der Waals surface area contributed by atoms with Gasteiger partial charge in [0.1, 0.15) is 5.82 Å². The van der Waals surface area contributed by atoms with Gasteiger partial charge in [-0.1, -0.05) is 0 Å². The first-order valence-electron chi connectivity index (χ1n) is 8.46. The summed E-state index contributed by atoms with van der Waals surface area (Å²) in [4.78, 5) is 14.1. The lowest BCUT2D eigenvalue weighted by Crippen LogP contribution is -2.36. The van der Waals surface area contributed by atoms with E-state index in [1.165, 1.54) is 48.5 Å². The van der Waals surface area contributed by atoms with Crippen LogP contribution in [0, 0.1) is 11.7 Å². The minimum absolute atomic E-state index is 0.0203. The van der Waals surface area contributed by atoms with Crippen LogP contribution in [0.15, 0.2) is 53.4 Å². The normalized spacial score (nSPS) is 15.9. The van der Waals surface area contributed by atoms with Gasteiger partial charge in [0.2, 0.25) is 9.84 Å². The first-order chi connectivity index (χ1) is 12.8. The minimum Gasteiger partial charge on any atom is -0.371 e. The van der Waals surface area contributed by atoms with Gasteiger partial charge >= 0.3 is 5.76 Å². The quantitative estimate of drug-likeness (QED) is 0.718. The fraction of sp³-hybridized carbons (Fsp3) is 0.316. The van der Waals surface area contributed by atoms with Crippen LogP contribution in [-0.2, 0) is 9.84 Å². The Morgan fingerprint density at radius 3 is 2.04 bits per heavy atom. The number of anilines is 1. The van der Waals surface area contributed by atoms with Crippen molar-refractivity contribution >= 4 is 21.3 Å². The lowest BCUT2D eigenvalue weighted by atomic mass is 9.88. The van der Waals surface area contributed by atoms with E-state index in [9.17, 15) is 26.4 Å². The van der Waals surface area contributed by atoms with Crippen molar-refractivity contribution in [2.45, 2.75) is 23.5 Å². The Morgan fingerprint density at radius 1 is 0.963 bits per heavy atom. The Labute approximate surface area is 155 Å². The molecular weight excluding hydrogens is 379 g/mol. The highest BCUT2D eigenvalue weighted by Gasteiger charge is 2.28. The summed E-state index contributed by atoms with van der Waals surface area (Å²) in [6.07, 6.45) is 1.21. The number of ketones is 1. The number of rotatable bonds is 5. The van der Waals surface area contributed by atoms with E-state index in [4.69, 9.17) is 0 Å². The number of nitrogens with zero attached hydrogens (tertiary/aromatic N) is 1. The average molecular weight is 397 g/mol. The lowest BCUT2D eigenvalue weighted by Gasteiger charge is -2.33. The maximum atomic E-state index is 13.0. The SMILES string of the molecule is O=C(c1ccc(F)cc1)C1CCN(c2ccc(S(=O)(=O)C(F)F)cc2)CC1. The van der Waals surface area contributed by atoms with Crippen LogP contribution in [0.3, 0.4) is 0 Å². The van der Waals surface area contributed by atoms with E-state index in [2.05, 4.69) is 0 Å². The van der Waals surface area contributed by atoms with E-state index in [0.29, 0.717) is 31.5 Å². The number of Topliss-reactive ketones (excluding diaryl/α,β-unsaturated/α-hetero) is 1. The number of hydrogen-bond acceptors (Lipinski definition) is 4. The molecule has 0 amide bonds.